The number of Topliss-reactive ketones (excluding diaryl/α,β-unsaturated/α-hetero) is 1. The fourth-order valence-corrected chi connectivity index (χ4v) is 4.96. The molecule has 0 unspecified atom stereocenters. The molecule has 150 valence electrons. The average Bonchev–Trinajstić information content (AvgIpc) is 3.20. The first-order valence-electron chi connectivity index (χ1n) is 10.3. The zero-order chi connectivity index (χ0) is 20.4. The molecule has 1 amide bonds. The molecule has 1 aliphatic rings. The van der Waals surface area contributed by atoms with Crippen LogP contribution in [0.1, 0.15) is 65.1 Å². The summed E-state index contributed by atoms with van der Waals surface area (Å²) in [5.41, 5.74) is 4.37. The lowest BCUT2D eigenvalue weighted by molar-refractivity contribution is -0.131. The highest BCUT2D eigenvalue weighted by Gasteiger charge is 2.22. The number of carbonyl (C=O) groups is 2. The van der Waals surface area contributed by atoms with E-state index in [1.54, 1.807) is 23.3 Å². The molecule has 29 heavy (non-hydrogen) atoms. The molecule has 0 saturated heterocycles. The van der Waals surface area contributed by atoms with Crippen LogP contribution in [0, 0.1) is 0 Å². The second-order valence-electron chi connectivity index (χ2n) is 7.81. The number of amides is 1. The SMILES string of the molecule is C[C@H](c1nc2ccccc2s1)N(C)C(=O)CCC(=O)c1ccc2c(c1)CCCC2. The maximum atomic E-state index is 12.7. The van der Waals surface area contributed by atoms with Crippen LogP contribution in [0.5, 0.6) is 0 Å². The first-order chi connectivity index (χ1) is 14.0. The molecule has 0 radical (unpaired) electrons. The molecule has 1 aliphatic carbocycles. The minimum absolute atomic E-state index is 0.0249. The van der Waals surface area contributed by atoms with Gasteiger partial charge < -0.3 is 4.90 Å². The van der Waals surface area contributed by atoms with Gasteiger partial charge in [-0.05, 0) is 61.9 Å². The Morgan fingerprint density at radius 3 is 2.62 bits per heavy atom. The second kappa shape index (κ2) is 8.46. The number of para-hydroxylation sites is 1. The summed E-state index contributed by atoms with van der Waals surface area (Å²) in [6.07, 6.45) is 5.05. The van der Waals surface area contributed by atoms with E-state index in [0.29, 0.717) is 0 Å². The lowest BCUT2D eigenvalue weighted by atomic mass is 9.89. The molecule has 0 saturated carbocycles. The lowest BCUT2D eigenvalue weighted by Gasteiger charge is -2.23. The van der Waals surface area contributed by atoms with Gasteiger partial charge in [0, 0.05) is 25.5 Å². The molecular weight excluding hydrogens is 380 g/mol. The number of aromatic nitrogens is 1. The van der Waals surface area contributed by atoms with Crippen LogP contribution in [0.15, 0.2) is 42.5 Å². The molecule has 0 spiro atoms. The Morgan fingerprint density at radius 1 is 1.07 bits per heavy atom. The van der Waals surface area contributed by atoms with Crippen molar-refractivity contribution in [3.8, 4) is 0 Å². The third kappa shape index (κ3) is 4.25. The number of carbonyl (C=O) groups excluding carboxylic acids is 2. The molecule has 1 aromatic heterocycles. The summed E-state index contributed by atoms with van der Waals surface area (Å²) in [6, 6.07) is 13.9. The quantitative estimate of drug-likeness (QED) is 0.518. The Labute approximate surface area is 175 Å². The molecule has 0 aliphatic heterocycles. The number of thiazole rings is 1. The third-order valence-electron chi connectivity index (χ3n) is 5.88. The van der Waals surface area contributed by atoms with Crippen molar-refractivity contribution < 1.29 is 9.59 Å². The van der Waals surface area contributed by atoms with E-state index >= 15 is 0 Å². The van der Waals surface area contributed by atoms with Gasteiger partial charge in [-0.3, -0.25) is 9.59 Å². The zero-order valence-corrected chi connectivity index (χ0v) is 17.8. The maximum Gasteiger partial charge on any atom is 0.223 e. The normalized spacial score (nSPS) is 14.4. The minimum Gasteiger partial charge on any atom is -0.337 e. The van der Waals surface area contributed by atoms with Crippen LogP contribution in [-0.2, 0) is 17.6 Å². The van der Waals surface area contributed by atoms with E-state index in [0.717, 1.165) is 33.6 Å². The van der Waals surface area contributed by atoms with Gasteiger partial charge >= 0.3 is 0 Å². The number of rotatable bonds is 6. The third-order valence-corrected chi connectivity index (χ3v) is 7.09. The highest BCUT2D eigenvalue weighted by atomic mass is 32.1. The van der Waals surface area contributed by atoms with E-state index in [1.807, 2.05) is 43.3 Å². The monoisotopic (exact) mass is 406 g/mol. The molecule has 1 heterocycles. The van der Waals surface area contributed by atoms with Crippen molar-refractivity contribution in [2.75, 3.05) is 7.05 Å². The lowest BCUT2D eigenvalue weighted by Crippen LogP contribution is -2.29. The summed E-state index contributed by atoms with van der Waals surface area (Å²) < 4.78 is 1.12. The molecule has 4 rings (SSSR count). The van der Waals surface area contributed by atoms with E-state index in [1.165, 1.54) is 24.0 Å². The van der Waals surface area contributed by atoms with Gasteiger partial charge in [-0.25, -0.2) is 4.98 Å². The van der Waals surface area contributed by atoms with Crippen molar-refractivity contribution in [1.29, 1.82) is 0 Å². The van der Waals surface area contributed by atoms with Gasteiger partial charge in [0.15, 0.2) is 5.78 Å². The Morgan fingerprint density at radius 2 is 1.83 bits per heavy atom. The van der Waals surface area contributed by atoms with Crippen molar-refractivity contribution in [3.05, 3.63) is 64.2 Å². The highest BCUT2D eigenvalue weighted by molar-refractivity contribution is 7.18. The van der Waals surface area contributed by atoms with Gasteiger partial charge in [-0.15, -0.1) is 11.3 Å². The van der Waals surface area contributed by atoms with Crippen LogP contribution in [0.4, 0.5) is 0 Å². The van der Waals surface area contributed by atoms with Crippen molar-refractivity contribution in [1.82, 2.24) is 9.88 Å². The van der Waals surface area contributed by atoms with Crippen molar-refractivity contribution >= 4 is 33.2 Å². The van der Waals surface area contributed by atoms with Crippen LogP contribution in [0.3, 0.4) is 0 Å². The van der Waals surface area contributed by atoms with E-state index < -0.39 is 0 Å². The van der Waals surface area contributed by atoms with Crippen LogP contribution < -0.4 is 0 Å². The standard InChI is InChI=1S/C24H26N2O2S/c1-16(24-25-20-9-5-6-10-22(20)29-24)26(2)23(28)14-13-21(27)19-12-11-17-7-3-4-8-18(17)15-19/h5-6,9-12,15-16H,3-4,7-8,13-14H2,1-2H3/t16-/m1/s1. The molecule has 0 N–H and O–H groups in total. The summed E-state index contributed by atoms with van der Waals surface area (Å²) in [4.78, 5) is 31.7. The Hall–Kier alpha value is -2.53. The molecule has 5 heteroatoms. The maximum absolute atomic E-state index is 12.7. The highest BCUT2D eigenvalue weighted by Crippen LogP contribution is 2.29. The first-order valence-corrected chi connectivity index (χ1v) is 11.1. The number of ketones is 1. The molecule has 3 aromatic rings. The predicted octanol–water partition coefficient (Wildman–Crippen LogP) is 5.36. The summed E-state index contributed by atoms with van der Waals surface area (Å²) in [5, 5.41) is 0.920. The zero-order valence-electron chi connectivity index (χ0n) is 17.0. The van der Waals surface area contributed by atoms with Crippen LogP contribution >= 0.6 is 11.3 Å². The second-order valence-corrected chi connectivity index (χ2v) is 8.88. The fourth-order valence-electron chi connectivity index (χ4n) is 3.90. The molecular formula is C24H26N2O2S. The summed E-state index contributed by atoms with van der Waals surface area (Å²) >= 11 is 1.61. The average molecular weight is 407 g/mol. The molecule has 0 fully saturated rings. The Bertz CT molecular complexity index is 1020. The number of nitrogens with zero attached hydrogens (tertiary/aromatic N) is 2. The molecule has 1 atom stereocenters. The van der Waals surface area contributed by atoms with Crippen molar-refractivity contribution in [2.45, 2.75) is 51.5 Å². The van der Waals surface area contributed by atoms with Crippen molar-refractivity contribution in [2.24, 2.45) is 0 Å². The number of benzene rings is 2. The van der Waals surface area contributed by atoms with Gasteiger partial charge in [0.1, 0.15) is 5.01 Å². The van der Waals surface area contributed by atoms with Gasteiger partial charge in [0.05, 0.1) is 16.3 Å². The summed E-state index contributed by atoms with van der Waals surface area (Å²) in [6.45, 7) is 1.99. The van der Waals surface area contributed by atoms with Crippen molar-refractivity contribution in [3.63, 3.8) is 0 Å². The number of aryl methyl sites for hydroxylation is 2. The molecule has 2 aromatic carbocycles. The number of hydrogen-bond donors (Lipinski definition) is 0. The first kappa shape index (κ1) is 19.8. The van der Waals surface area contributed by atoms with E-state index in [9.17, 15) is 9.59 Å². The van der Waals surface area contributed by atoms with Crippen LogP contribution in [0.2, 0.25) is 0 Å². The van der Waals surface area contributed by atoms with Crippen LogP contribution in [-0.4, -0.2) is 28.6 Å². The fraction of sp³-hybridized carbons (Fsp3) is 0.375. The molecule has 4 nitrogen and oxygen atoms in total. The Kier molecular flexibility index (Phi) is 5.76. The number of fused-ring (bicyclic) bond motifs is 2. The van der Waals surface area contributed by atoms with Crippen LogP contribution in [0.25, 0.3) is 10.2 Å². The smallest absolute Gasteiger partial charge is 0.223 e. The topological polar surface area (TPSA) is 50.3 Å². The van der Waals surface area contributed by atoms with Gasteiger partial charge in [-0.1, -0.05) is 24.3 Å². The van der Waals surface area contributed by atoms with Gasteiger partial charge in [0.2, 0.25) is 5.91 Å². The van der Waals surface area contributed by atoms with Gasteiger partial charge in [0.25, 0.3) is 0 Å². The Balaban J connectivity index is 1.37. The van der Waals surface area contributed by atoms with E-state index in [2.05, 4.69) is 11.1 Å². The largest absolute Gasteiger partial charge is 0.337 e. The predicted molar refractivity (Wildman–Crippen MR) is 117 cm³/mol. The molecule has 0 bridgehead atoms. The minimum atomic E-state index is -0.112. The van der Waals surface area contributed by atoms with Gasteiger partial charge in [-0.2, -0.15) is 0 Å². The summed E-state index contributed by atoms with van der Waals surface area (Å²) in [5.74, 6) is 0.0239. The van der Waals surface area contributed by atoms with E-state index in [-0.39, 0.29) is 30.6 Å². The van der Waals surface area contributed by atoms with E-state index in [4.69, 9.17) is 0 Å². The number of hydrogen-bond acceptors (Lipinski definition) is 4. The summed E-state index contributed by atoms with van der Waals surface area (Å²) in [7, 11) is 1.79.